The van der Waals surface area contributed by atoms with Gasteiger partial charge in [-0.15, -0.1) is 0 Å². The third-order valence-electron chi connectivity index (χ3n) is 1.73. The van der Waals surface area contributed by atoms with Crippen molar-refractivity contribution in [3.63, 3.8) is 0 Å². The number of unbranched alkanes of at least 4 members (excludes halogenated alkanes) is 4. The van der Waals surface area contributed by atoms with Gasteiger partial charge in [0.15, 0.2) is 0 Å². The molecule has 0 heterocycles. The van der Waals surface area contributed by atoms with Crippen LogP contribution in [0.15, 0.2) is 12.3 Å². The molecule has 2 nitrogen and oxygen atoms in total. The summed E-state index contributed by atoms with van der Waals surface area (Å²) in [5, 5.41) is 0. The predicted octanol–water partition coefficient (Wildman–Crippen LogP) is 2.56. The molecule has 0 aliphatic heterocycles. The minimum Gasteiger partial charge on any atom is -0.325 e. The van der Waals surface area contributed by atoms with Crippen molar-refractivity contribution in [1.82, 2.24) is 4.90 Å². The van der Waals surface area contributed by atoms with Crippen molar-refractivity contribution >= 4 is 6.41 Å². The smallest absolute Gasteiger partial charge is 0.213 e. The Labute approximate surface area is 75.3 Å². The first-order valence-electron chi connectivity index (χ1n) is 4.65. The fraction of sp³-hybridized carbons (Fsp3) is 0.700. The van der Waals surface area contributed by atoms with E-state index in [1.165, 1.54) is 30.6 Å². The molecule has 0 aromatic heterocycles. The molecule has 0 unspecified atom stereocenters. The summed E-state index contributed by atoms with van der Waals surface area (Å²) in [6.07, 6.45) is 10.9. The summed E-state index contributed by atoms with van der Waals surface area (Å²) >= 11 is 0. The Morgan fingerprint density at radius 1 is 1.25 bits per heavy atom. The van der Waals surface area contributed by atoms with Gasteiger partial charge >= 0.3 is 0 Å². The molecule has 0 saturated heterocycles. The van der Waals surface area contributed by atoms with E-state index in [1.807, 2.05) is 12.3 Å². The van der Waals surface area contributed by atoms with E-state index >= 15 is 0 Å². The molecule has 12 heavy (non-hydrogen) atoms. The second-order valence-electron chi connectivity index (χ2n) is 3.00. The lowest BCUT2D eigenvalue weighted by Crippen LogP contribution is -2.05. The van der Waals surface area contributed by atoms with Gasteiger partial charge in [0.25, 0.3) is 0 Å². The predicted molar refractivity (Wildman–Crippen MR) is 51.7 cm³/mol. The summed E-state index contributed by atoms with van der Waals surface area (Å²) < 4.78 is 0. The first-order chi connectivity index (χ1) is 5.81. The van der Waals surface area contributed by atoms with E-state index in [0.717, 1.165) is 12.8 Å². The van der Waals surface area contributed by atoms with Gasteiger partial charge in [-0.1, -0.05) is 32.3 Å². The van der Waals surface area contributed by atoms with Crippen molar-refractivity contribution in [2.45, 2.75) is 39.0 Å². The first kappa shape index (κ1) is 11.2. The summed E-state index contributed by atoms with van der Waals surface area (Å²) in [5.41, 5.74) is 0. The van der Waals surface area contributed by atoms with Crippen LogP contribution in [0.4, 0.5) is 0 Å². The normalized spacial score (nSPS) is 10.5. The molecule has 2 heteroatoms. The van der Waals surface area contributed by atoms with E-state index in [9.17, 15) is 4.79 Å². The number of carbonyl (C=O) groups excluding carboxylic acids is 1. The lowest BCUT2D eigenvalue weighted by atomic mass is 10.1. The molecule has 0 aliphatic rings. The van der Waals surface area contributed by atoms with Gasteiger partial charge in [-0.05, 0) is 12.8 Å². The number of nitrogens with zero attached hydrogens (tertiary/aromatic N) is 1. The Bertz CT molecular complexity index is 132. The maximum Gasteiger partial charge on any atom is 0.213 e. The van der Waals surface area contributed by atoms with Crippen LogP contribution in [0.3, 0.4) is 0 Å². The molecule has 0 rings (SSSR count). The topological polar surface area (TPSA) is 20.3 Å². The molecular weight excluding hydrogens is 150 g/mol. The maximum atomic E-state index is 10.1. The van der Waals surface area contributed by atoms with Crippen LogP contribution < -0.4 is 0 Å². The third-order valence-corrected chi connectivity index (χ3v) is 1.73. The van der Waals surface area contributed by atoms with Gasteiger partial charge < -0.3 is 4.90 Å². The van der Waals surface area contributed by atoms with Crippen molar-refractivity contribution in [3.05, 3.63) is 12.3 Å². The van der Waals surface area contributed by atoms with Crippen molar-refractivity contribution in [2.24, 2.45) is 0 Å². The summed E-state index contributed by atoms with van der Waals surface area (Å²) in [6.45, 7) is 2.20. The number of amides is 1. The quantitative estimate of drug-likeness (QED) is 0.423. The molecule has 0 saturated carbocycles. The van der Waals surface area contributed by atoms with Gasteiger partial charge in [0.2, 0.25) is 6.41 Å². The summed E-state index contributed by atoms with van der Waals surface area (Å²) in [4.78, 5) is 11.7. The Morgan fingerprint density at radius 2 is 2.00 bits per heavy atom. The van der Waals surface area contributed by atoms with Gasteiger partial charge in [-0.2, -0.15) is 0 Å². The zero-order chi connectivity index (χ0) is 9.23. The largest absolute Gasteiger partial charge is 0.325 e. The molecule has 0 spiro atoms. The van der Waals surface area contributed by atoms with E-state index in [2.05, 4.69) is 6.92 Å². The molecule has 0 fully saturated rings. The Hall–Kier alpha value is -0.790. The molecule has 0 radical (unpaired) electrons. The number of hydrogen-bond acceptors (Lipinski definition) is 1. The Balaban J connectivity index is 3.18. The molecule has 0 bridgehead atoms. The van der Waals surface area contributed by atoms with Crippen molar-refractivity contribution in [3.8, 4) is 0 Å². The van der Waals surface area contributed by atoms with Crippen LogP contribution >= 0.6 is 0 Å². The second kappa shape index (κ2) is 8.31. The third kappa shape index (κ3) is 7.32. The highest BCUT2D eigenvalue weighted by atomic mass is 16.1. The molecule has 70 valence electrons. The van der Waals surface area contributed by atoms with Gasteiger partial charge in [0, 0.05) is 13.2 Å². The van der Waals surface area contributed by atoms with Crippen LogP contribution in [0, 0.1) is 0 Å². The molecular formula is C10H19NO. The SMILES string of the molecule is CCCCCCC=CN(C)C=O. The van der Waals surface area contributed by atoms with Crippen LogP contribution in [0.1, 0.15) is 39.0 Å². The fourth-order valence-corrected chi connectivity index (χ4v) is 0.965. The van der Waals surface area contributed by atoms with Gasteiger partial charge in [0.05, 0.1) is 0 Å². The first-order valence-corrected chi connectivity index (χ1v) is 4.65. The van der Waals surface area contributed by atoms with Crippen LogP contribution in [-0.4, -0.2) is 18.4 Å². The van der Waals surface area contributed by atoms with Gasteiger partial charge in [-0.25, -0.2) is 0 Å². The lowest BCUT2D eigenvalue weighted by Gasteiger charge is -2.00. The standard InChI is InChI=1S/C10H19NO/c1-3-4-5-6-7-8-9-11(2)10-12/h8-10H,3-7H2,1-2H3. The Kier molecular flexibility index (Phi) is 7.76. The number of hydrogen-bond donors (Lipinski definition) is 0. The average Bonchev–Trinajstić information content (AvgIpc) is 2.10. The van der Waals surface area contributed by atoms with Crippen molar-refractivity contribution in [1.29, 1.82) is 0 Å². The van der Waals surface area contributed by atoms with Crippen LogP contribution in [0.2, 0.25) is 0 Å². The van der Waals surface area contributed by atoms with Crippen LogP contribution in [0.25, 0.3) is 0 Å². The molecule has 0 aliphatic carbocycles. The van der Waals surface area contributed by atoms with Gasteiger partial charge in [-0.3, -0.25) is 4.79 Å². The summed E-state index contributed by atoms with van der Waals surface area (Å²) in [5.74, 6) is 0. The van der Waals surface area contributed by atoms with Gasteiger partial charge in [0.1, 0.15) is 0 Å². The zero-order valence-corrected chi connectivity index (χ0v) is 8.12. The lowest BCUT2D eigenvalue weighted by molar-refractivity contribution is -0.115. The number of allylic oxidation sites excluding steroid dienone is 1. The maximum absolute atomic E-state index is 10.1. The molecule has 0 aromatic carbocycles. The summed E-state index contributed by atoms with van der Waals surface area (Å²) in [6, 6.07) is 0. The minimum absolute atomic E-state index is 0.808. The number of rotatable bonds is 7. The minimum atomic E-state index is 0.808. The molecule has 0 N–H and O–H groups in total. The molecule has 0 atom stereocenters. The van der Waals surface area contributed by atoms with Crippen LogP contribution in [-0.2, 0) is 4.79 Å². The van der Waals surface area contributed by atoms with Crippen LogP contribution in [0.5, 0.6) is 0 Å². The van der Waals surface area contributed by atoms with E-state index in [4.69, 9.17) is 0 Å². The fourth-order valence-electron chi connectivity index (χ4n) is 0.965. The van der Waals surface area contributed by atoms with Crippen molar-refractivity contribution in [2.75, 3.05) is 7.05 Å². The van der Waals surface area contributed by atoms with E-state index in [1.54, 1.807) is 7.05 Å². The number of carbonyl (C=O) groups is 1. The zero-order valence-electron chi connectivity index (χ0n) is 8.12. The molecule has 1 amide bonds. The Morgan fingerprint density at radius 3 is 2.58 bits per heavy atom. The highest BCUT2D eigenvalue weighted by molar-refractivity contribution is 5.48. The highest BCUT2D eigenvalue weighted by Gasteiger charge is 1.85. The van der Waals surface area contributed by atoms with E-state index < -0.39 is 0 Å². The average molecular weight is 169 g/mol. The molecule has 0 aromatic rings. The van der Waals surface area contributed by atoms with E-state index in [-0.39, 0.29) is 0 Å². The summed E-state index contributed by atoms with van der Waals surface area (Å²) in [7, 11) is 1.75. The monoisotopic (exact) mass is 169 g/mol. The van der Waals surface area contributed by atoms with E-state index in [0.29, 0.717) is 0 Å². The van der Waals surface area contributed by atoms with Crippen molar-refractivity contribution < 1.29 is 4.79 Å². The second-order valence-corrected chi connectivity index (χ2v) is 3.00. The highest BCUT2D eigenvalue weighted by Crippen LogP contribution is 2.02.